The van der Waals surface area contributed by atoms with Crippen molar-refractivity contribution in [2.24, 2.45) is 11.5 Å². The monoisotopic (exact) mass is 571 g/mol. The number of hydrogen-bond acceptors (Lipinski definition) is 8. The van der Waals surface area contributed by atoms with Gasteiger partial charge in [0.25, 0.3) is 0 Å². The largest absolute Gasteiger partial charge is 0.508 e. The zero-order valence-electron chi connectivity index (χ0n) is 22.5. The number of aliphatic carboxylic acids is 2. The Morgan fingerprint density at radius 1 is 0.707 bits per heavy atom. The van der Waals surface area contributed by atoms with Gasteiger partial charge in [0.2, 0.25) is 17.7 Å². The fourth-order valence-corrected chi connectivity index (χ4v) is 3.97. The van der Waals surface area contributed by atoms with Crippen LogP contribution in [0.5, 0.6) is 5.75 Å². The molecule has 2 aromatic carbocycles. The van der Waals surface area contributed by atoms with Gasteiger partial charge < -0.3 is 42.7 Å². The van der Waals surface area contributed by atoms with E-state index in [4.69, 9.17) is 11.5 Å². The van der Waals surface area contributed by atoms with Gasteiger partial charge in [0.1, 0.15) is 23.9 Å². The number of benzene rings is 2. The highest BCUT2D eigenvalue weighted by Crippen LogP contribution is 2.12. The average molecular weight is 572 g/mol. The first kappa shape index (κ1) is 32.7. The number of carboxylic acids is 2. The van der Waals surface area contributed by atoms with Crippen LogP contribution in [0.25, 0.3) is 0 Å². The van der Waals surface area contributed by atoms with Gasteiger partial charge in [0, 0.05) is 12.8 Å². The molecule has 13 nitrogen and oxygen atoms in total. The summed E-state index contributed by atoms with van der Waals surface area (Å²) in [4.78, 5) is 62.4. The van der Waals surface area contributed by atoms with E-state index in [1.54, 1.807) is 30.3 Å². The maximum atomic E-state index is 13.3. The van der Waals surface area contributed by atoms with E-state index in [-0.39, 0.29) is 25.0 Å². The molecule has 3 amide bonds. The molecule has 0 aliphatic carbocycles. The van der Waals surface area contributed by atoms with E-state index in [0.29, 0.717) is 30.5 Å². The van der Waals surface area contributed by atoms with Gasteiger partial charge in [-0.2, -0.15) is 0 Å². The Hall–Kier alpha value is -4.49. The van der Waals surface area contributed by atoms with Crippen molar-refractivity contribution in [3.63, 3.8) is 0 Å². The van der Waals surface area contributed by atoms with Crippen molar-refractivity contribution in [2.75, 3.05) is 6.54 Å². The molecule has 13 heteroatoms. The third kappa shape index (κ3) is 11.6. The predicted octanol–water partition coefficient (Wildman–Crippen LogP) is -0.353. The SMILES string of the molecule is NCCCCC(N)C(=O)NC(CC(=O)O)C(=O)NC(Cc1ccccc1)C(=O)NC(Cc1ccc(O)cc1)C(=O)O. The molecule has 0 bridgehead atoms. The lowest BCUT2D eigenvalue weighted by Gasteiger charge is -2.25. The second-order valence-corrected chi connectivity index (χ2v) is 9.57. The molecule has 222 valence electrons. The predicted molar refractivity (Wildman–Crippen MR) is 149 cm³/mol. The van der Waals surface area contributed by atoms with Crippen LogP contribution >= 0.6 is 0 Å². The fraction of sp³-hybridized carbons (Fsp3) is 0.393. The number of amides is 3. The molecular weight excluding hydrogens is 534 g/mol. The van der Waals surface area contributed by atoms with Gasteiger partial charge in [-0.1, -0.05) is 48.9 Å². The summed E-state index contributed by atoms with van der Waals surface area (Å²) >= 11 is 0. The summed E-state index contributed by atoms with van der Waals surface area (Å²) in [5, 5.41) is 35.8. The minimum atomic E-state index is -1.54. The van der Waals surface area contributed by atoms with Gasteiger partial charge in [-0.3, -0.25) is 19.2 Å². The average Bonchev–Trinajstić information content (AvgIpc) is 2.93. The molecule has 0 saturated heterocycles. The normalized spacial score (nSPS) is 13.7. The van der Waals surface area contributed by atoms with Gasteiger partial charge in [-0.15, -0.1) is 0 Å². The van der Waals surface area contributed by atoms with Crippen LogP contribution in [-0.4, -0.2) is 75.7 Å². The van der Waals surface area contributed by atoms with Crippen LogP contribution in [-0.2, 0) is 36.8 Å². The third-order valence-corrected chi connectivity index (χ3v) is 6.22. The Labute approximate surface area is 237 Å². The van der Waals surface area contributed by atoms with Crippen LogP contribution < -0.4 is 27.4 Å². The number of nitrogens with two attached hydrogens (primary N) is 2. The Morgan fingerprint density at radius 2 is 1.24 bits per heavy atom. The number of phenolic OH excluding ortho intramolecular Hbond substituents is 1. The molecule has 0 aliphatic rings. The summed E-state index contributed by atoms with van der Waals surface area (Å²) in [6.45, 7) is 0.418. The van der Waals surface area contributed by atoms with E-state index in [1.165, 1.54) is 24.3 Å². The molecule has 4 unspecified atom stereocenters. The minimum absolute atomic E-state index is 0.00480. The number of nitrogens with one attached hydrogen (secondary N) is 3. The van der Waals surface area contributed by atoms with Crippen molar-refractivity contribution in [2.45, 2.75) is 62.7 Å². The second-order valence-electron chi connectivity index (χ2n) is 9.57. The summed E-state index contributed by atoms with van der Waals surface area (Å²) in [5.74, 6) is -5.20. The van der Waals surface area contributed by atoms with E-state index in [0.717, 1.165) is 0 Å². The van der Waals surface area contributed by atoms with E-state index < -0.39 is 60.2 Å². The van der Waals surface area contributed by atoms with Crippen molar-refractivity contribution in [1.29, 1.82) is 0 Å². The van der Waals surface area contributed by atoms with Crippen LogP contribution in [0.2, 0.25) is 0 Å². The number of carbonyl (C=O) groups is 5. The lowest BCUT2D eigenvalue weighted by Crippen LogP contribution is -2.58. The van der Waals surface area contributed by atoms with Gasteiger partial charge in [0.05, 0.1) is 12.5 Å². The zero-order valence-corrected chi connectivity index (χ0v) is 22.5. The van der Waals surface area contributed by atoms with E-state index >= 15 is 0 Å². The molecule has 0 saturated carbocycles. The maximum Gasteiger partial charge on any atom is 0.326 e. The smallest absolute Gasteiger partial charge is 0.326 e. The number of rotatable bonds is 17. The fourth-order valence-electron chi connectivity index (χ4n) is 3.97. The van der Waals surface area contributed by atoms with Crippen LogP contribution in [0.1, 0.15) is 36.8 Å². The third-order valence-electron chi connectivity index (χ3n) is 6.22. The van der Waals surface area contributed by atoms with Crippen LogP contribution in [0.3, 0.4) is 0 Å². The van der Waals surface area contributed by atoms with Crippen LogP contribution in [0.4, 0.5) is 0 Å². The Morgan fingerprint density at radius 3 is 1.83 bits per heavy atom. The molecule has 0 aliphatic heterocycles. The Kier molecular flexibility index (Phi) is 13.2. The molecule has 0 heterocycles. The summed E-state index contributed by atoms with van der Waals surface area (Å²) in [6.07, 6.45) is 0.561. The molecule has 2 rings (SSSR count). The van der Waals surface area contributed by atoms with Gasteiger partial charge in [-0.25, -0.2) is 4.79 Å². The number of phenols is 1. The van der Waals surface area contributed by atoms with Crippen molar-refractivity contribution < 1.29 is 39.3 Å². The number of carboxylic acid groups (broad SMARTS) is 2. The molecule has 4 atom stereocenters. The summed E-state index contributed by atoms with van der Waals surface area (Å²) in [7, 11) is 0. The number of aromatic hydroxyl groups is 1. The lowest BCUT2D eigenvalue weighted by molar-refractivity contribution is -0.143. The minimum Gasteiger partial charge on any atom is -0.508 e. The standard InChI is InChI=1S/C28H37N5O8/c29-13-5-4-8-20(30)25(37)31-22(16-24(35)36)27(39)32-21(14-17-6-2-1-3-7-17)26(38)33-23(28(40)41)15-18-9-11-19(34)12-10-18/h1-3,6-7,9-12,20-23,34H,4-5,8,13-16,29-30H2,(H,31,37)(H,32,39)(H,33,38)(H,35,36)(H,40,41). The summed E-state index contributed by atoms with van der Waals surface area (Å²) in [6, 6.07) is 9.18. The molecule has 0 spiro atoms. The van der Waals surface area contributed by atoms with E-state index in [2.05, 4.69) is 16.0 Å². The topological polar surface area (TPSA) is 234 Å². The molecule has 10 N–H and O–H groups in total. The zero-order chi connectivity index (χ0) is 30.4. The number of carbonyl (C=O) groups excluding carboxylic acids is 3. The highest BCUT2D eigenvalue weighted by atomic mass is 16.4. The summed E-state index contributed by atoms with van der Waals surface area (Å²) < 4.78 is 0. The van der Waals surface area contributed by atoms with E-state index in [1.807, 2.05) is 0 Å². The first-order valence-corrected chi connectivity index (χ1v) is 13.1. The van der Waals surface area contributed by atoms with Crippen molar-refractivity contribution in [3.8, 4) is 5.75 Å². The van der Waals surface area contributed by atoms with Gasteiger partial charge in [-0.05, 0) is 42.6 Å². The molecule has 41 heavy (non-hydrogen) atoms. The molecule has 0 radical (unpaired) electrons. The van der Waals surface area contributed by atoms with Crippen molar-refractivity contribution in [3.05, 3.63) is 65.7 Å². The highest BCUT2D eigenvalue weighted by molar-refractivity contribution is 5.95. The quantitative estimate of drug-likeness (QED) is 0.115. The molecule has 0 aromatic heterocycles. The number of hydrogen-bond donors (Lipinski definition) is 8. The Balaban J connectivity index is 2.22. The Bertz CT molecular complexity index is 1180. The maximum absolute atomic E-state index is 13.3. The first-order chi connectivity index (χ1) is 19.5. The van der Waals surface area contributed by atoms with Gasteiger partial charge >= 0.3 is 11.9 Å². The first-order valence-electron chi connectivity index (χ1n) is 13.1. The number of unbranched alkanes of at least 4 members (excludes halogenated alkanes) is 1. The van der Waals surface area contributed by atoms with E-state index in [9.17, 15) is 39.3 Å². The lowest BCUT2D eigenvalue weighted by atomic mass is 10.0. The van der Waals surface area contributed by atoms with Crippen LogP contribution in [0, 0.1) is 0 Å². The van der Waals surface area contributed by atoms with Crippen molar-refractivity contribution in [1.82, 2.24) is 16.0 Å². The van der Waals surface area contributed by atoms with Crippen LogP contribution in [0.15, 0.2) is 54.6 Å². The molecule has 2 aromatic rings. The molecular formula is C28H37N5O8. The summed E-state index contributed by atoms with van der Waals surface area (Å²) in [5.41, 5.74) is 12.5. The second kappa shape index (κ2) is 16.6. The van der Waals surface area contributed by atoms with Crippen molar-refractivity contribution >= 4 is 29.7 Å². The van der Waals surface area contributed by atoms with Gasteiger partial charge in [0.15, 0.2) is 0 Å². The molecule has 0 fully saturated rings. The highest BCUT2D eigenvalue weighted by Gasteiger charge is 2.31.